The summed E-state index contributed by atoms with van der Waals surface area (Å²) >= 11 is 3.14. The second-order valence-corrected chi connectivity index (χ2v) is 10.1. The van der Waals surface area contributed by atoms with Crippen LogP contribution in [-0.2, 0) is 0 Å². The minimum atomic E-state index is -0.104. The van der Waals surface area contributed by atoms with Crippen molar-refractivity contribution in [3.8, 4) is 17.0 Å². The molecule has 0 bridgehead atoms. The average Bonchev–Trinajstić information content (AvgIpc) is 3.40. The number of rotatable bonds is 5. The van der Waals surface area contributed by atoms with Gasteiger partial charge in [-0.2, -0.15) is 0 Å². The maximum absolute atomic E-state index is 12.8. The van der Waals surface area contributed by atoms with Gasteiger partial charge in [-0.25, -0.2) is 9.97 Å². The molecule has 1 amide bonds. The van der Waals surface area contributed by atoms with E-state index < -0.39 is 0 Å². The van der Waals surface area contributed by atoms with E-state index in [9.17, 15) is 4.79 Å². The molecule has 32 heavy (non-hydrogen) atoms. The van der Waals surface area contributed by atoms with Crippen LogP contribution in [0, 0.1) is 5.92 Å². The molecule has 5 rings (SSSR count). The Labute approximate surface area is 194 Å². The molecule has 1 aliphatic heterocycles. The molecule has 8 heteroatoms. The van der Waals surface area contributed by atoms with Crippen LogP contribution in [0.1, 0.15) is 29.4 Å². The second-order valence-electron chi connectivity index (χ2n) is 8.07. The minimum absolute atomic E-state index is 0.104. The van der Waals surface area contributed by atoms with Crippen LogP contribution in [0.3, 0.4) is 0 Å². The highest BCUT2D eigenvalue weighted by Crippen LogP contribution is 2.36. The van der Waals surface area contributed by atoms with E-state index in [1.54, 1.807) is 24.6 Å². The van der Waals surface area contributed by atoms with Crippen molar-refractivity contribution in [3.05, 3.63) is 53.5 Å². The van der Waals surface area contributed by atoms with Crippen molar-refractivity contribution < 1.29 is 9.53 Å². The predicted molar refractivity (Wildman–Crippen MR) is 132 cm³/mol. The lowest BCUT2D eigenvalue weighted by molar-refractivity contribution is 0.103. The van der Waals surface area contributed by atoms with Crippen molar-refractivity contribution in [2.24, 2.45) is 5.92 Å². The Kier molecular flexibility index (Phi) is 5.80. The number of anilines is 2. The Morgan fingerprint density at radius 3 is 2.50 bits per heavy atom. The first-order valence-electron chi connectivity index (χ1n) is 10.7. The summed E-state index contributed by atoms with van der Waals surface area (Å²) in [4.78, 5) is 25.8. The van der Waals surface area contributed by atoms with E-state index in [-0.39, 0.29) is 5.91 Å². The first kappa shape index (κ1) is 20.9. The number of thiazole rings is 1. The molecule has 1 N–H and O–H groups in total. The molecule has 0 radical (unpaired) electrons. The van der Waals surface area contributed by atoms with E-state index >= 15 is 0 Å². The average molecular weight is 465 g/mol. The van der Waals surface area contributed by atoms with E-state index in [1.807, 2.05) is 42.5 Å². The van der Waals surface area contributed by atoms with Gasteiger partial charge >= 0.3 is 0 Å². The lowest BCUT2D eigenvalue weighted by Crippen LogP contribution is -2.32. The van der Waals surface area contributed by atoms with E-state index in [4.69, 9.17) is 9.72 Å². The van der Waals surface area contributed by atoms with Gasteiger partial charge in [0.25, 0.3) is 5.91 Å². The number of nitrogens with zero attached hydrogens (tertiary/aromatic N) is 3. The second kappa shape index (κ2) is 8.88. The molecular formula is C24H24N4O2S2. The zero-order valence-electron chi connectivity index (χ0n) is 18.0. The van der Waals surface area contributed by atoms with Crippen molar-refractivity contribution in [1.29, 1.82) is 0 Å². The van der Waals surface area contributed by atoms with Crippen LogP contribution in [0.2, 0.25) is 0 Å². The smallest absolute Gasteiger partial charge is 0.265 e. The first-order valence-corrected chi connectivity index (χ1v) is 12.3. The van der Waals surface area contributed by atoms with Crippen LogP contribution in [0.15, 0.2) is 48.7 Å². The number of benzene rings is 1. The number of aromatic nitrogens is 2. The molecule has 0 atom stereocenters. The van der Waals surface area contributed by atoms with Gasteiger partial charge in [0.05, 0.1) is 16.7 Å². The van der Waals surface area contributed by atoms with Gasteiger partial charge < -0.3 is 15.0 Å². The molecule has 0 aliphatic carbocycles. The van der Waals surface area contributed by atoms with Gasteiger partial charge in [-0.05, 0) is 48.6 Å². The first-order chi connectivity index (χ1) is 15.6. The lowest BCUT2D eigenvalue weighted by Gasteiger charge is -2.29. The maximum Gasteiger partial charge on any atom is 0.265 e. The number of amides is 1. The number of piperidine rings is 1. The van der Waals surface area contributed by atoms with E-state index in [1.165, 1.54) is 24.2 Å². The fourth-order valence-electron chi connectivity index (χ4n) is 3.78. The molecule has 1 fully saturated rings. The lowest BCUT2D eigenvalue weighted by atomic mass is 10.00. The van der Waals surface area contributed by atoms with Gasteiger partial charge in [-0.1, -0.05) is 30.4 Å². The van der Waals surface area contributed by atoms with Crippen molar-refractivity contribution >= 4 is 48.9 Å². The van der Waals surface area contributed by atoms with Crippen LogP contribution >= 0.6 is 22.7 Å². The highest BCUT2D eigenvalue weighted by Gasteiger charge is 2.21. The van der Waals surface area contributed by atoms with Crippen molar-refractivity contribution in [2.45, 2.75) is 19.8 Å². The SMILES string of the molecule is COc1ccc(-c2ccc(NC(=O)c3cc4sc(N5CCC(C)CC5)nc4s3)cc2)cn1. The molecule has 1 aliphatic rings. The summed E-state index contributed by atoms with van der Waals surface area (Å²) in [6.07, 6.45) is 4.21. The number of fused-ring (bicyclic) bond motifs is 1. The van der Waals surface area contributed by atoms with Crippen molar-refractivity contribution in [3.63, 3.8) is 0 Å². The number of nitrogens with one attached hydrogen (secondary N) is 1. The molecule has 1 saturated heterocycles. The van der Waals surface area contributed by atoms with Crippen LogP contribution < -0.4 is 15.0 Å². The Morgan fingerprint density at radius 2 is 1.84 bits per heavy atom. The van der Waals surface area contributed by atoms with Gasteiger partial charge in [0, 0.05) is 36.6 Å². The molecular weight excluding hydrogens is 440 g/mol. The van der Waals surface area contributed by atoms with Crippen molar-refractivity contribution in [2.75, 3.05) is 30.4 Å². The van der Waals surface area contributed by atoms with Gasteiger partial charge in [-0.15, -0.1) is 11.3 Å². The molecule has 164 valence electrons. The Balaban J connectivity index is 1.25. The van der Waals surface area contributed by atoms with Crippen LogP contribution in [0.25, 0.3) is 20.7 Å². The number of methoxy groups -OCH3 is 1. The standard InChI is InChI=1S/C24H24N4O2S2/c1-15-9-11-28(12-10-15)24-27-23-20(32-24)13-19(31-23)22(29)26-18-6-3-16(4-7-18)17-5-8-21(30-2)25-14-17/h3-8,13-15H,9-12H2,1-2H3,(H,26,29). The third kappa shape index (κ3) is 4.33. The van der Waals surface area contributed by atoms with Gasteiger partial charge in [0.15, 0.2) is 5.13 Å². The van der Waals surface area contributed by atoms with Gasteiger partial charge in [-0.3, -0.25) is 4.79 Å². The summed E-state index contributed by atoms with van der Waals surface area (Å²) in [5.41, 5.74) is 2.78. The molecule has 3 aromatic heterocycles. The topological polar surface area (TPSA) is 67.3 Å². The van der Waals surface area contributed by atoms with Crippen molar-refractivity contribution in [1.82, 2.24) is 9.97 Å². The summed E-state index contributed by atoms with van der Waals surface area (Å²) in [5, 5.41) is 4.07. The monoisotopic (exact) mass is 464 g/mol. The Bertz CT molecular complexity index is 1190. The number of hydrogen-bond donors (Lipinski definition) is 1. The highest BCUT2D eigenvalue weighted by atomic mass is 32.1. The number of thiophene rings is 1. The zero-order valence-corrected chi connectivity index (χ0v) is 19.6. The number of carbonyl (C=O) groups excluding carboxylic acids is 1. The fraction of sp³-hybridized carbons (Fsp3) is 0.292. The normalized spacial score (nSPS) is 14.6. The molecule has 6 nitrogen and oxygen atoms in total. The summed E-state index contributed by atoms with van der Waals surface area (Å²) in [6, 6.07) is 13.5. The van der Waals surface area contributed by atoms with E-state index in [2.05, 4.69) is 22.1 Å². The molecule has 0 saturated carbocycles. The van der Waals surface area contributed by atoms with Crippen LogP contribution in [0.5, 0.6) is 5.88 Å². The minimum Gasteiger partial charge on any atom is -0.481 e. The predicted octanol–water partition coefficient (Wildman–Crippen LogP) is 5.92. The summed E-state index contributed by atoms with van der Waals surface area (Å²) in [6.45, 7) is 4.45. The molecule has 0 spiro atoms. The third-order valence-corrected chi connectivity index (χ3v) is 8.00. The summed E-state index contributed by atoms with van der Waals surface area (Å²) in [7, 11) is 1.60. The van der Waals surface area contributed by atoms with Crippen LogP contribution in [0.4, 0.5) is 10.8 Å². The van der Waals surface area contributed by atoms with Gasteiger partial charge in [0.1, 0.15) is 4.83 Å². The fourth-order valence-corrected chi connectivity index (χ4v) is 5.94. The largest absolute Gasteiger partial charge is 0.481 e. The molecule has 4 heterocycles. The Morgan fingerprint density at radius 1 is 1.09 bits per heavy atom. The molecule has 1 aromatic carbocycles. The summed E-state index contributed by atoms with van der Waals surface area (Å²) in [5.74, 6) is 1.28. The quantitative estimate of drug-likeness (QED) is 0.397. The summed E-state index contributed by atoms with van der Waals surface area (Å²) < 4.78 is 6.18. The highest BCUT2D eigenvalue weighted by molar-refractivity contribution is 7.29. The van der Waals surface area contributed by atoms with Crippen LogP contribution in [-0.4, -0.2) is 36.1 Å². The van der Waals surface area contributed by atoms with E-state index in [0.29, 0.717) is 10.8 Å². The number of pyridine rings is 1. The number of carbonyl (C=O) groups is 1. The Hall–Kier alpha value is -2.97. The van der Waals surface area contributed by atoms with E-state index in [0.717, 1.165) is 50.5 Å². The van der Waals surface area contributed by atoms with Gasteiger partial charge in [0.2, 0.25) is 5.88 Å². The number of ether oxygens (including phenoxy) is 1. The maximum atomic E-state index is 12.8. The molecule has 0 unspecified atom stereocenters. The zero-order chi connectivity index (χ0) is 22.1. The number of hydrogen-bond acceptors (Lipinski definition) is 7. The molecule has 4 aromatic rings. The third-order valence-electron chi connectivity index (χ3n) is 5.78.